The zero-order chi connectivity index (χ0) is 18.2. The second kappa shape index (κ2) is 6.70. The van der Waals surface area contributed by atoms with Crippen molar-refractivity contribution < 1.29 is 13.2 Å². The summed E-state index contributed by atoms with van der Waals surface area (Å²) in [5.41, 5.74) is 1.41. The van der Waals surface area contributed by atoms with Gasteiger partial charge < -0.3 is 4.74 Å². The summed E-state index contributed by atoms with van der Waals surface area (Å²) in [6.07, 6.45) is 0. The molecule has 0 unspecified atom stereocenters. The maximum absolute atomic E-state index is 12.7. The number of nitrogens with zero attached hydrogens (tertiary/aromatic N) is 4. The molecule has 0 amide bonds. The molecule has 0 fully saturated rings. The molecule has 0 aliphatic carbocycles. The van der Waals surface area contributed by atoms with E-state index in [2.05, 4.69) is 20.0 Å². The van der Waals surface area contributed by atoms with Gasteiger partial charge in [-0.1, -0.05) is 11.3 Å². The summed E-state index contributed by atoms with van der Waals surface area (Å²) in [4.78, 5) is 0.882. The van der Waals surface area contributed by atoms with Gasteiger partial charge in [-0.3, -0.25) is 0 Å². The Morgan fingerprint density at radius 3 is 2.64 bits per heavy atom. The molecule has 0 bridgehead atoms. The zero-order valence-corrected chi connectivity index (χ0v) is 16.0. The van der Waals surface area contributed by atoms with Crippen LogP contribution in [0.15, 0.2) is 17.0 Å². The molecule has 1 aromatic carbocycles. The van der Waals surface area contributed by atoms with Crippen LogP contribution < -0.4 is 9.46 Å². The fourth-order valence-corrected chi connectivity index (χ4v) is 4.63. The van der Waals surface area contributed by atoms with Crippen LogP contribution in [-0.2, 0) is 16.6 Å². The number of sulfonamides is 1. The van der Waals surface area contributed by atoms with Gasteiger partial charge in [0.05, 0.1) is 18.0 Å². The first-order valence-electron chi connectivity index (χ1n) is 7.73. The molecule has 0 atom stereocenters. The predicted octanol–water partition coefficient (Wildman–Crippen LogP) is 1.99. The molecule has 2 heterocycles. The summed E-state index contributed by atoms with van der Waals surface area (Å²) in [5, 5.41) is 12.8. The maximum Gasteiger partial charge on any atom is 0.241 e. The molecule has 0 aliphatic rings. The Labute approximate surface area is 149 Å². The third kappa shape index (κ3) is 3.51. The summed E-state index contributed by atoms with van der Waals surface area (Å²) < 4.78 is 35.0. The van der Waals surface area contributed by atoms with E-state index < -0.39 is 10.0 Å². The zero-order valence-electron chi connectivity index (χ0n) is 14.4. The number of aryl methyl sites for hydroxylation is 3. The lowest BCUT2D eigenvalue weighted by atomic mass is 10.1. The fraction of sp³-hybridized carbons (Fsp3) is 0.400. The molecular weight excluding hydrogens is 362 g/mol. The molecule has 0 radical (unpaired) electrons. The van der Waals surface area contributed by atoms with E-state index in [0.717, 1.165) is 5.56 Å². The Hall–Kier alpha value is -2.04. The van der Waals surface area contributed by atoms with Crippen molar-refractivity contribution in [2.75, 3.05) is 6.61 Å². The van der Waals surface area contributed by atoms with Gasteiger partial charge in [0.1, 0.15) is 10.8 Å². The van der Waals surface area contributed by atoms with Crippen molar-refractivity contribution in [3.05, 3.63) is 34.1 Å². The van der Waals surface area contributed by atoms with Crippen LogP contribution >= 0.6 is 11.3 Å². The van der Waals surface area contributed by atoms with E-state index in [-0.39, 0.29) is 11.4 Å². The lowest BCUT2D eigenvalue weighted by molar-refractivity contribution is 0.337. The molecule has 8 nitrogen and oxygen atoms in total. The van der Waals surface area contributed by atoms with Crippen LogP contribution in [0.5, 0.6) is 5.75 Å². The van der Waals surface area contributed by atoms with E-state index >= 15 is 0 Å². The van der Waals surface area contributed by atoms with E-state index in [1.54, 1.807) is 30.5 Å². The van der Waals surface area contributed by atoms with Gasteiger partial charge in [0.25, 0.3) is 0 Å². The van der Waals surface area contributed by atoms with Gasteiger partial charge in [0, 0.05) is 0 Å². The molecule has 10 heteroatoms. The molecule has 25 heavy (non-hydrogen) atoms. The molecule has 1 N–H and O–H groups in total. The number of nitrogens with one attached hydrogen (secondary N) is 1. The van der Waals surface area contributed by atoms with Crippen molar-refractivity contribution in [1.82, 2.24) is 24.5 Å². The lowest BCUT2D eigenvalue weighted by Crippen LogP contribution is -2.24. The third-order valence-corrected chi connectivity index (χ3v) is 6.11. The number of hydrogen-bond donors (Lipinski definition) is 1. The summed E-state index contributed by atoms with van der Waals surface area (Å²) in [5.74, 6) is 1.36. The quantitative estimate of drug-likeness (QED) is 0.701. The summed E-state index contributed by atoms with van der Waals surface area (Å²) >= 11 is 1.30. The van der Waals surface area contributed by atoms with Crippen LogP contribution in [0.4, 0.5) is 0 Å². The van der Waals surface area contributed by atoms with Crippen molar-refractivity contribution in [3.8, 4) is 5.75 Å². The van der Waals surface area contributed by atoms with Crippen molar-refractivity contribution in [2.45, 2.75) is 39.1 Å². The highest BCUT2D eigenvalue weighted by atomic mass is 32.2. The number of ether oxygens (including phenoxy) is 1. The molecule has 0 saturated carbocycles. The van der Waals surface area contributed by atoms with Crippen LogP contribution in [0.1, 0.15) is 28.9 Å². The molecule has 0 saturated heterocycles. The Morgan fingerprint density at radius 1 is 1.20 bits per heavy atom. The van der Waals surface area contributed by atoms with Gasteiger partial charge in [0.15, 0.2) is 5.82 Å². The van der Waals surface area contributed by atoms with Gasteiger partial charge in [-0.2, -0.15) is 9.61 Å². The maximum atomic E-state index is 12.7. The molecule has 3 rings (SSSR count). The Morgan fingerprint density at radius 2 is 1.96 bits per heavy atom. The Kier molecular flexibility index (Phi) is 4.76. The minimum Gasteiger partial charge on any atom is -0.494 e. The van der Waals surface area contributed by atoms with Crippen molar-refractivity contribution in [2.24, 2.45) is 0 Å². The molecular formula is C15H19N5O3S2. The van der Waals surface area contributed by atoms with E-state index in [1.165, 1.54) is 11.3 Å². The number of fused-ring (bicyclic) bond motifs is 1. The topological polar surface area (TPSA) is 98.5 Å². The van der Waals surface area contributed by atoms with Crippen LogP contribution in [-0.4, -0.2) is 34.8 Å². The monoisotopic (exact) mass is 381 g/mol. The van der Waals surface area contributed by atoms with Gasteiger partial charge in [-0.05, 0) is 51.0 Å². The van der Waals surface area contributed by atoms with Crippen molar-refractivity contribution >= 4 is 26.3 Å². The van der Waals surface area contributed by atoms with Gasteiger partial charge in [-0.25, -0.2) is 13.1 Å². The lowest BCUT2D eigenvalue weighted by Gasteiger charge is -2.13. The average Bonchev–Trinajstić information content (AvgIpc) is 3.11. The first-order chi connectivity index (χ1) is 11.8. The van der Waals surface area contributed by atoms with E-state index in [1.807, 2.05) is 13.8 Å². The Bertz CT molecular complexity index is 1020. The summed E-state index contributed by atoms with van der Waals surface area (Å²) in [6, 6.07) is 3.38. The molecule has 3 aromatic rings. The summed E-state index contributed by atoms with van der Waals surface area (Å²) in [7, 11) is -3.66. The van der Waals surface area contributed by atoms with Crippen LogP contribution in [0.3, 0.4) is 0 Å². The smallest absolute Gasteiger partial charge is 0.241 e. The van der Waals surface area contributed by atoms with E-state index in [9.17, 15) is 8.42 Å². The predicted molar refractivity (Wildman–Crippen MR) is 94.5 cm³/mol. The number of hydrogen-bond acceptors (Lipinski definition) is 7. The third-order valence-electron chi connectivity index (χ3n) is 3.66. The minimum atomic E-state index is -3.66. The average molecular weight is 381 g/mol. The molecule has 0 aliphatic heterocycles. The van der Waals surface area contributed by atoms with Crippen LogP contribution in [0, 0.1) is 20.8 Å². The van der Waals surface area contributed by atoms with Crippen LogP contribution in [0.25, 0.3) is 4.96 Å². The SMILES string of the molecule is CCOc1cc(C)c(S(=O)(=O)NCc2nn3c(C)nnc3s2)cc1C. The number of aromatic nitrogens is 4. The normalized spacial score (nSPS) is 12.0. The second-order valence-corrected chi connectivity index (χ2v) is 8.35. The van der Waals surface area contributed by atoms with E-state index in [4.69, 9.17) is 4.74 Å². The molecule has 2 aromatic heterocycles. The van der Waals surface area contributed by atoms with Crippen molar-refractivity contribution in [3.63, 3.8) is 0 Å². The summed E-state index contributed by atoms with van der Waals surface area (Å²) in [6.45, 7) is 7.90. The molecule has 0 spiro atoms. The standard InChI is InChI=1S/C15H19N5O3S2/c1-5-23-12-6-10(3)13(7-9(12)2)25(21,22)16-8-14-19-20-11(4)17-18-15(20)24-14/h6-7,16H,5,8H2,1-4H3. The first-order valence-corrected chi connectivity index (χ1v) is 10.0. The largest absolute Gasteiger partial charge is 0.494 e. The number of rotatable bonds is 6. The number of benzene rings is 1. The van der Waals surface area contributed by atoms with Crippen LogP contribution in [0.2, 0.25) is 0 Å². The fourth-order valence-electron chi connectivity index (χ4n) is 2.42. The van der Waals surface area contributed by atoms with Gasteiger partial charge in [0.2, 0.25) is 15.0 Å². The van der Waals surface area contributed by atoms with Gasteiger partial charge >= 0.3 is 0 Å². The minimum absolute atomic E-state index is 0.0987. The highest BCUT2D eigenvalue weighted by Crippen LogP contribution is 2.26. The highest BCUT2D eigenvalue weighted by molar-refractivity contribution is 7.89. The first kappa shape index (κ1) is 17.8. The Balaban J connectivity index is 1.82. The van der Waals surface area contributed by atoms with Crippen molar-refractivity contribution in [1.29, 1.82) is 0 Å². The van der Waals surface area contributed by atoms with Gasteiger partial charge in [-0.15, -0.1) is 10.2 Å². The second-order valence-electron chi connectivity index (χ2n) is 5.58. The molecule has 134 valence electrons. The highest BCUT2D eigenvalue weighted by Gasteiger charge is 2.20. The van der Waals surface area contributed by atoms with E-state index in [0.29, 0.717) is 33.7 Å².